The largest absolute Gasteiger partial charge is 0.494 e. The van der Waals surface area contributed by atoms with Crippen LogP contribution in [-0.4, -0.2) is 23.6 Å². The van der Waals surface area contributed by atoms with E-state index in [1.807, 2.05) is 12.1 Å². The number of carboxylic acid groups (broad SMARTS) is 1. The molecule has 4 bridgehead atoms. The van der Waals surface area contributed by atoms with Gasteiger partial charge in [0.1, 0.15) is 5.75 Å². The molecule has 0 aliphatic heterocycles. The van der Waals surface area contributed by atoms with Gasteiger partial charge in [-0.05, 0) is 116 Å². The first-order valence-corrected chi connectivity index (χ1v) is 13.8. The number of carbonyl (C=O) groups is 2. The van der Waals surface area contributed by atoms with Gasteiger partial charge in [0, 0.05) is 12.1 Å². The van der Waals surface area contributed by atoms with E-state index in [1.54, 1.807) is 36.4 Å². The fourth-order valence-electron chi connectivity index (χ4n) is 7.85. The van der Waals surface area contributed by atoms with Crippen molar-refractivity contribution in [1.82, 2.24) is 5.32 Å². The van der Waals surface area contributed by atoms with Crippen molar-refractivity contribution < 1.29 is 19.4 Å². The van der Waals surface area contributed by atoms with Crippen LogP contribution in [0.15, 0.2) is 48.5 Å². The normalized spacial score (nSPS) is 27.0. The lowest BCUT2D eigenvalue weighted by molar-refractivity contribution is -0.0930. The van der Waals surface area contributed by atoms with Gasteiger partial charge in [0.2, 0.25) is 0 Å². The summed E-state index contributed by atoms with van der Waals surface area (Å²) in [4.78, 5) is 23.5. The fraction of sp³-hybridized carbons (Fsp3) is 0.548. The molecule has 36 heavy (non-hydrogen) atoms. The summed E-state index contributed by atoms with van der Waals surface area (Å²) in [5.74, 6) is 3.43. The molecular formula is C31H39NO4. The number of carboxylic acids is 1. The first kappa shape index (κ1) is 24.9. The number of amides is 1. The average molecular weight is 490 g/mol. The van der Waals surface area contributed by atoms with Gasteiger partial charge >= 0.3 is 5.97 Å². The maximum absolute atomic E-state index is 12.5. The summed E-state index contributed by atoms with van der Waals surface area (Å²) in [5, 5.41) is 11.9. The predicted molar refractivity (Wildman–Crippen MR) is 140 cm³/mol. The molecule has 0 saturated heterocycles. The molecule has 6 rings (SSSR count). The number of benzene rings is 2. The summed E-state index contributed by atoms with van der Waals surface area (Å²) in [5.41, 5.74) is 2.25. The molecular weight excluding hydrogens is 450 g/mol. The quantitative estimate of drug-likeness (QED) is 0.367. The highest BCUT2D eigenvalue weighted by Crippen LogP contribution is 2.63. The Kier molecular flexibility index (Phi) is 7.36. The van der Waals surface area contributed by atoms with Gasteiger partial charge in [0.05, 0.1) is 12.2 Å². The molecule has 0 radical (unpaired) electrons. The van der Waals surface area contributed by atoms with E-state index < -0.39 is 5.97 Å². The van der Waals surface area contributed by atoms with Gasteiger partial charge < -0.3 is 15.2 Å². The zero-order chi connectivity index (χ0) is 25.1. The zero-order valence-corrected chi connectivity index (χ0v) is 21.4. The van der Waals surface area contributed by atoms with Crippen molar-refractivity contribution in [3.63, 3.8) is 0 Å². The van der Waals surface area contributed by atoms with E-state index in [-0.39, 0.29) is 11.5 Å². The highest BCUT2D eigenvalue weighted by molar-refractivity contribution is 5.94. The molecule has 2 aromatic carbocycles. The predicted octanol–water partition coefficient (Wildman–Crippen LogP) is 6.72. The Balaban J connectivity index is 1.11. The van der Waals surface area contributed by atoms with E-state index in [0.29, 0.717) is 17.5 Å². The standard InChI is InChI=1S/C31H39NO4/c1-2-3-27(31-17-22-14-23(18-31)16-24(15-22)19-31)12-13-36-28-10-8-25(9-11-28)29(33)32-20-21-4-6-26(7-5-21)30(34)35/h4-11,22-24,27H,2-3,12-20H2,1H3,(H,32,33)(H,34,35). The van der Waals surface area contributed by atoms with Gasteiger partial charge in [-0.25, -0.2) is 4.79 Å². The minimum atomic E-state index is -0.957. The van der Waals surface area contributed by atoms with Crippen molar-refractivity contribution in [1.29, 1.82) is 0 Å². The van der Waals surface area contributed by atoms with E-state index in [1.165, 1.54) is 51.4 Å². The summed E-state index contributed by atoms with van der Waals surface area (Å²) in [6.45, 7) is 3.41. The van der Waals surface area contributed by atoms with Crippen LogP contribution in [0.4, 0.5) is 0 Å². The van der Waals surface area contributed by atoms with Crippen molar-refractivity contribution in [2.45, 2.75) is 71.3 Å². The van der Waals surface area contributed by atoms with E-state index in [9.17, 15) is 9.59 Å². The van der Waals surface area contributed by atoms with Crippen LogP contribution in [-0.2, 0) is 6.54 Å². The van der Waals surface area contributed by atoms with E-state index in [4.69, 9.17) is 9.84 Å². The first-order valence-electron chi connectivity index (χ1n) is 13.8. The number of hydrogen-bond acceptors (Lipinski definition) is 3. The number of aromatic carboxylic acids is 1. The highest BCUT2D eigenvalue weighted by atomic mass is 16.5. The van der Waals surface area contributed by atoms with Crippen LogP contribution in [0.25, 0.3) is 0 Å². The number of carbonyl (C=O) groups excluding carboxylic acids is 1. The van der Waals surface area contributed by atoms with Crippen LogP contribution >= 0.6 is 0 Å². The van der Waals surface area contributed by atoms with Crippen LogP contribution in [0.2, 0.25) is 0 Å². The Labute approximate surface area is 214 Å². The Morgan fingerprint density at radius 1 is 0.917 bits per heavy atom. The molecule has 1 atom stereocenters. The molecule has 2 N–H and O–H groups in total. The molecule has 5 heteroatoms. The van der Waals surface area contributed by atoms with Crippen molar-refractivity contribution in [3.8, 4) is 5.75 Å². The Morgan fingerprint density at radius 3 is 2.06 bits per heavy atom. The monoisotopic (exact) mass is 489 g/mol. The molecule has 1 amide bonds. The van der Waals surface area contributed by atoms with Gasteiger partial charge in [-0.1, -0.05) is 31.9 Å². The van der Waals surface area contributed by atoms with Crippen molar-refractivity contribution >= 4 is 11.9 Å². The molecule has 4 fully saturated rings. The van der Waals surface area contributed by atoms with Gasteiger partial charge in [0.15, 0.2) is 0 Å². The van der Waals surface area contributed by atoms with Crippen molar-refractivity contribution in [3.05, 3.63) is 65.2 Å². The number of hydrogen-bond donors (Lipinski definition) is 2. The Bertz CT molecular complexity index is 1020. The summed E-state index contributed by atoms with van der Waals surface area (Å²) in [6, 6.07) is 13.9. The lowest BCUT2D eigenvalue weighted by Gasteiger charge is -2.60. The number of ether oxygens (including phenoxy) is 1. The van der Waals surface area contributed by atoms with Crippen LogP contribution in [0, 0.1) is 29.1 Å². The maximum Gasteiger partial charge on any atom is 0.335 e. The van der Waals surface area contributed by atoms with Gasteiger partial charge in [-0.2, -0.15) is 0 Å². The van der Waals surface area contributed by atoms with Crippen molar-refractivity contribution in [2.24, 2.45) is 29.1 Å². The maximum atomic E-state index is 12.5. The van der Waals surface area contributed by atoms with Crippen LogP contribution < -0.4 is 10.1 Å². The molecule has 4 aliphatic rings. The third-order valence-electron chi connectivity index (χ3n) is 9.09. The summed E-state index contributed by atoms with van der Waals surface area (Å²) < 4.78 is 6.16. The molecule has 0 spiro atoms. The van der Waals surface area contributed by atoms with Crippen LogP contribution in [0.5, 0.6) is 5.75 Å². The molecule has 5 nitrogen and oxygen atoms in total. The van der Waals surface area contributed by atoms with Gasteiger partial charge in [0.25, 0.3) is 5.91 Å². The second-order valence-electron chi connectivity index (χ2n) is 11.6. The molecule has 4 aliphatic carbocycles. The Hall–Kier alpha value is -2.82. The lowest BCUT2D eigenvalue weighted by atomic mass is 9.46. The summed E-state index contributed by atoms with van der Waals surface area (Å²) >= 11 is 0. The van der Waals surface area contributed by atoms with E-state index in [0.717, 1.165) is 48.0 Å². The molecule has 4 saturated carbocycles. The number of rotatable bonds is 11. The van der Waals surface area contributed by atoms with Crippen LogP contribution in [0.3, 0.4) is 0 Å². The van der Waals surface area contributed by atoms with E-state index >= 15 is 0 Å². The molecule has 0 aromatic heterocycles. The Morgan fingerprint density at radius 2 is 1.50 bits per heavy atom. The van der Waals surface area contributed by atoms with E-state index in [2.05, 4.69) is 12.2 Å². The van der Waals surface area contributed by atoms with Gasteiger partial charge in [-0.3, -0.25) is 4.79 Å². The minimum Gasteiger partial charge on any atom is -0.494 e. The van der Waals surface area contributed by atoms with Crippen molar-refractivity contribution in [2.75, 3.05) is 6.61 Å². The first-order chi connectivity index (χ1) is 17.4. The smallest absolute Gasteiger partial charge is 0.335 e. The van der Waals surface area contributed by atoms with Crippen LogP contribution in [0.1, 0.15) is 91.0 Å². The second-order valence-corrected chi connectivity index (χ2v) is 11.6. The third-order valence-corrected chi connectivity index (χ3v) is 9.09. The average Bonchev–Trinajstić information content (AvgIpc) is 2.86. The lowest BCUT2D eigenvalue weighted by Crippen LogP contribution is -2.49. The third kappa shape index (κ3) is 5.45. The van der Waals surface area contributed by atoms with Gasteiger partial charge in [-0.15, -0.1) is 0 Å². The fourth-order valence-corrected chi connectivity index (χ4v) is 7.85. The molecule has 1 unspecified atom stereocenters. The minimum absolute atomic E-state index is 0.159. The second kappa shape index (κ2) is 10.7. The molecule has 0 heterocycles. The SMILES string of the molecule is CCCC(CCOc1ccc(C(=O)NCc2ccc(C(=O)O)cc2)cc1)C12CC3CC(CC(C3)C1)C2. The number of nitrogens with one attached hydrogen (secondary N) is 1. The molecule has 2 aromatic rings. The zero-order valence-electron chi connectivity index (χ0n) is 21.4. The summed E-state index contributed by atoms with van der Waals surface area (Å²) in [6.07, 6.45) is 12.5. The summed E-state index contributed by atoms with van der Waals surface area (Å²) in [7, 11) is 0. The molecule has 192 valence electrons. The topological polar surface area (TPSA) is 75.6 Å². The highest BCUT2D eigenvalue weighted by Gasteiger charge is 2.53.